The molecular formula is C14H15N5OS2. The van der Waals surface area contributed by atoms with Crippen molar-refractivity contribution in [2.24, 2.45) is 0 Å². The molecule has 6 nitrogen and oxygen atoms in total. The number of aryl methyl sites for hydroxylation is 1. The van der Waals surface area contributed by atoms with E-state index in [1.807, 2.05) is 13.0 Å². The van der Waals surface area contributed by atoms with Crippen LogP contribution in [0.25, 0.3) is 10.7 Å². The van der Waals surface area contributed by atoms with Crippen LogP contribution >= 0.6 is 23.1 Å². The predicted octanol–water partition coefficient (Wildman–Crippen LogP) is 3.58. The first-order valence-electron chi connectivity index (χ1n) is 7.28. The third-order valence-electron chi connectivity index (χ3n) is 3.45. The average molecular weight is 333 g/mol. The summed E-state index contributed by atoms with van der Waals surface area (Å²) in [6, 6.07) is 4.67. The Balaban J connectivity index is 1.56. The van der Waals surface area contributed by atoms with Crippen LogP contribution in [0.4, 0.5) is 0 Å². The van der Waals surface area contributed by atoms with E-state index in [0.717, 1.165) is 22.3 Å². The van der Waals surface area contributed by atoms with Crippen LogP contribution in [-0.4, -0.2) is 25.0 Å². The van der Waals surface area contributed by atoms with Gasteiger partial charge in [0.15, 0.2) is 11.0 Å². The third kappa shape index (κ3) is 2.68. The lowest BCUT2D eigenvalue weighted by Gasteiger charge is -2.06. The van der Waals surface area contributed by atoms with E-state index in [1.165, 1.54) is 12.8 Å². The molecule has 1 fully saturated rings. The number of hydrogen-bond donors (Lipinski definition) is 0. The summed E-state index contributed by atoms with van der Waals surface area (Å²) < 4.78 is 7.81. The Labute approximate surface area is 136 Å². The van der Waals surface area contributed by atoms with Crippen molar-refractivity contribution in [3.05, 3.63) is 29.3 Å². The van der Waals surface area contributed by atoms with Gasteiger partial charge in [-0.2, -0.15) is 0 Å². The molecule has 0 aliphatic heterocycles. The van der Waals surface area contributed by atoms with E-state index < -0.39 is 0 Å². The lowest BCUT2D eigenvalue weighted by atomic mass is 10.4. The Morgan fingerprint density at radius 3 is 2.82 bits per heavy atom. The fourth-order valence-corrected chi connectivity index (χ4v) is 3.77. The standard InChI is InChI=1S/C14H15N5OS2/c1-2-11-15-16-12(20-11)8-22-14-18-17-13(10-4-3-7-21-10)19(14)9-5-6-9/h3-4,7,9H,2,5-6,8H2,1H3. The van der Waals surface area contributed by atoms with Crippen LogP contribution in [0.5, 0.6) is 0 Å². The van der Waals surface area contributed by atoms with Crippen molar-refractivity contribution in [2.75, 3.05) is 0 Å². The van der Waals surface area contributed by atoms with Crippen LogP contribution in [-0.2, 0) is 12.2 Å². The minimum atomic E-state index is 0.531. The highest BCUT2D eigenvalue weighted by Gasteiger charge is 2.30. The summed E-state index contributed by atoms with van der Waals surface area (Å²) in [6.45, 7) is 2.00. The highest BCUT2D eigenvalue weighted by Crippen LogP contribution is 2.42. The van der Waals surface area contributed by atoms with E-state index in [9.17, 15) is 0 Å². The van der Waals surface area contributed by atoms with E-state index in [4.69, 9.17) is 4.42 Å². The SMILES string of the molecule is CCc1nnc(CSc2nnc(-c3cccs3)n2C2CC2)o1. The van der Waals surface area contributed by atoms with E-state index >= 15 is 0 Å². The second-order valence-electron chi connectivity index (χ2n) is 5.12. The smallest absolute Gasteiger partial charge is 0.226 e. The largest absolute Gasteiger partial charge is 0.424 e. The summed E-state index contributed by atoms with van der Waals surface area (Å²) in [5.41, 5.74) is 0. The Kier molecular flexibility index (Phi) is 3.71. The van der Waals surface area contributed by atoms with Crippen LogP contribution in [0.15, 0.2) is 27.1 Å². The fourth-order valence-electron chi connectivity index (χ4n) is 2.23. The molecule has 0 aromatic carbocycles. The Bertz CT molecular complexity index is 760. The molecule has 0 N–H and O–H groups in total. The molecule has 8 heteroatoms. The van der Waals surface area contributed by atoms with E-state index in [2.05, 4.69) is 36.4 Å². The zero-order chi connectivity index (χ0) is 14.9. The normalized spacial score (nSPS) is 14.6. The Hall–Kier alpha value is -1.67. The molecule has 0 atom stereocenters. The van der Waals surface area contributed by atoms with E-state index in [-0.39, 0.29) is 0 Å². The van der Waals surface area contributed by atoms with Gasteiger partial charge in [0.05, 0.1) is 10.6 Å². The van der Waals surface area contributed by atoms with E-state index in [0.29, 0.717) is 23.6 Å². The highest BCUT2D eigenvalue weighted by molar-refractivity contribution is 7.98. The molecule has 0 amide bonds. The summed E-state index contributed by atoms with van der Waals surface area (Å²) in [5.74, 6) is 2.92. The number of nitrogens with zero attached hydrogens (tertiary/aromatic N) is 5. The lowest BCUT2D eigenvalue weighted by Crippen LogP contribution is -1.99. The van der Waals surface area contributed by atoms with Crippen molar-refractivity contribution in [2.45, 2.75) is 43.1 Å². The molecule has 1 aliphatic rings. The van der Waals surface area contributed by atoms with Crippen molar-refractivity contribution in [1.82, 2.24) is 25.0 Å². The average Bonchev–Trinajstić information content (AvgIpc) is 3.00. The summed E-state index contributed by atoms with van der Waals surface area (Å²) in [4.78, 5) is 1.16. The molecule has 3 aromatic rings. The quantitative estimate of drug-likeness (QED) is 0.642. The minimum Gasteiger partial charge on any atom is -0.424 e. The van der Waals surface area contributed by atoms with Gasteiger partial charge in [-0.05, 0) is 24.3 Å². The van der Waals surface area contributed by atoms with Crippen LogP contribution in [0.2, 0.25) is 0 Å². The molecule has 1 aliphatic carbocycles. The van der Waals surface area contributed by atoms with Gasteiger partial charge >= 0.3 is 0 Å². The Morgan fingerprint density at radius 1 is 1.27 bits per heavy atom. The first-order chi connectivity index (χ1) is 10.8. The maximum atomic E-state index is 5.55. The number of thiophene rings is 1. The van der Waals surface area contributed by atoms with Gasteiger partial charge in [0.25, 0.3) is 0 Å². The van der Waals surface area contributed by atoms with Gasteiger partial charge in [0.2, 0.25) is 11.8 Å². The number of thioether (sulfide) groups is 1. The monoisotopic (exact) mass is 333 g/mol. The van der Waals surface area contributed by atoms with Crippen LogP contribution in [0.3, 0.4) is 0 Å². The third-order valence-corrected chi connectivity index (χ3v) is 5.25. The molecule has 114 valence electrons. The molecule has 0 saturated heterocycles. The second kappa shape index (κ2) is 5.85. The van der Waals surface area contributed by atoms with Crippen molar-refractivity contribution >= 4 is 23.1 Å². The van der Waals surface area contributed by atoms with Crippen LogP contribution in [0, 0.1) is 0 Å². The van der Waals surface area contributed by atoms with Gasteiger partial charge in [-0.15, -0.1) is 31.7 Å². The molecule has 3 heterocycles. The maximum absolute atomic E-state index is 5.55. The molecule has 3 aromatic heterocycles. The topological polar surface area (TPSA) is 69.6 Å². The van der Waals surface area contributed by atoms with Crippen LogP contribution < -0.4 is 0 Å². The van der Waals surface area contributed by atoms with Gasteiger partial charge in [0.1, 0.15) is 0 Å². The molecule has 22 heavy (non-hydrogen) atoms. The molecule has 0 spiro atoms. The first-order valence-corrected chi connectivity index (χ1v) is 9.14. The predicted molar refractivity (Wildman–Crippen MR) is 84.8 cm³/mol. The minimum absolute atomic E-state index is 0.531. The van der Waals surface area contributed by atoms with Crippen molar-refractivity contribution in [3.8, 4) is 10.7 Å². The number of rotatable bonds is 6. The van der Waals surface area contributed by atoms with Crippen molar-refractivity contribution < 1.29 is 4.42 Å². The lowest BCUT2D eigenvalue weighted by molar-refractivity contribution is 0.469. The van der Waals surface area contributed by atoms with Gasteiger partial charge in [-0.1, -0.05) is 24.8 Å². The second-order valence-corrected chi connectivity index (χ2v) is 7.01. The molecule has 0 unspecified atom stereocenters. The molecule has 0 radical (unpaired) electrons. The number of hydrogen-bond acceptors (Lipinski definition) is 7. The molecular weight excluding hydrogens is 318 g/mol. The summed E-state index contributed by atoms with van der Waals surface area (Å²) in [7, 11) is 0. The van der Waals surface area contributed by atoms with Gasteiger partial charge in [-0.3, -0.25) is 4.57 Å². The highest BCUT2D eigenvalue weighted by atomic mass is 32.2. The summed E-state index contributed by atoms with van der Waals surface area (Å²) >= 11 is 3.30. The van der Waals surface area contributed by atoms with Crippen molar-refractivity contribution in [3.63, 3.8) is 0 Å². The molecule has 1 saturated carbocycles. The summed E-state index contributed by atoms with van der Waals surface area (Å²) in [6.07, 6.45) is 3.16. The maximum Gasteiger partial charge on any atom is 0.226 e. The fraction of sp³-hybridized carbons (Fsp3) is 0.429. The molecule has 4 rings (SSSR count). The van der Waals surface area contributed by atoms with Gasteiger partial charge < -0.3 is 4.42 Å². The van der Waals surface area contributed by atoms with Crippen LogP contribution in [0.1, 0.15) is 37.6 Å². The zero-order valence-electron chi connectivity index (χ0n) is 12.1. The number of aromatic nitrogens is 5. The summed E-state index contributed by atoms with van der Waals surface area (Å²) in [5, 5.41) is 19.8. The van der Waals surface area contributed by atoms with Crippen molar-refractivity contribution in [1.29, 1.82) is 0 Å². The zero-order valence-corrected chi connectivity index (χ0v) is 13.7. The van der Waals surface area contributed by atoms with Gasteiger partial charge in [0, 0.05) is 12.5 Å². The molecule has 0 bridgehead atoms. The Morgan fingerprint density at radius 2 is 2.14 bits per heavy atom. The van der Waals surface area contributed by atoms with Gasteiger partial charge in [-0.25, -0.2) is 0 Å². The first kappa shape index (κ1) is 14.0. The van der Waals surface area contributed by atoms with E-state index in [1.54, 1.807) is 23.1 Å².